The van der Waals surface area contributed by atoms with Gasteiger partial charge in [0.1, 0.15) is 12.4 Å². The van der Waals surface area contributed by atoms with Crippen LogP contribution in [0.4, 0.5) is 0 Å². The summed E-state index contributed by atoms with van der Waals surface area (Å²) in [7, 11) is 1.65. The minimum absolute atomic E-state index is 0.00923. The lowest BCUT2D eigenvalue weighted by molar-refractivity contribution is -0.125. The van der Waals surface area contributed by atoms with E-state index in [2.05, 4.69) is 5.32 Å². The van der Waals surface area contributed by atoms with Gasteiger partial charge in [-0.25, -0.2) is 0 Å². The summed E-state index contributed by atoms with van der Waals surface area (Å²) in [5.74, 6) is 0.827. The molecule has 26 heavy (non-hydrogen) atoms. The highest BCUT2D eigenvalue weighted by Gasteiger charge is 2.27. The number of nitrogens with one attached hydrogen (secondary N) is 1. The second-order valence-corrected chi connectivity index (χ2v) is 6.48. The van der Waals surface area contributed by atoms with E-state index < -0.39 is 0 Å². The Morgan fingerprint density at radius 1 is 1.04 bits per heavy atom. The van der Waals surface area contributed by atoms with Crippen LogP contribution in [0.25, 0.3) is 0 Å². The van der Waals surface area contributed by atoms with Crippen LogP contribution < -0.4 is 10.1 Å². The quantitative estimate of drug-likeness (QED) is 0.900. The van der Waals surface area contributed by atoms with E-state index in [4.69, 9.17) is 4.74 Å². The van der Waals surface area contributed by atoms with E-state index in [-0.39, 0.29) is 17.7 Å². The summed E-state index contributed by atoms with van der Waals surface area (Å²) in [6.45, 7) is 1.73. The summed E-state index contributed by atoms with van der Waals surface area (Å²) in [5, 5.41) is 2.68. The third-order valence-corrected chi connectivity index (χ3v) is 4.75. The molecule has 0 bridgehead atoms. The zero-order valence-electron chi connectivity index (χ0n) is 15.0. The van der Waals surface area contributed by atoms with Gasteiger partial charge < -0.3 is 15.0 Å². The fraction of sp³-hybridized carbons (Fsp3) is 0.333. The monoisotopic (exact) mass is 352 g/mol. The van der Waals surface area contributed by atoms with E-state index in [1.54, 1.807) is 19.2 Å². The molecule has 1 aliphatic rings. The third-order valence-electron chi connectivity index (χ3n) is 4.75. The maximum Gasteiger partial charge on any atom is 0.253 e. The lowest BCUT2D eigenvalue weighted by Gasteiger charge is -2.31. The number of carbonyl (C=O) groups is 2. The summed E-state index contributed by atoms with van der Waals surface area (Å²) in [6, 6.07) is 17.2. The number of hydrogen-bond donors (Lipinski definition) is 1. The number of likely N-dealkylation sites (tertiary alicyclic amines) is 1. The number of carbonyl (C=O) groups excluding carboxylic acids is 2. The largest absolute Gasteiger partial charge is 0.489 e. The average molecular weight is 352 g/mol. The Labute approximate surface area is 154 Å². The molecule has 0 aromatic heterocycles. The summed E-state index contributed by atoms with van der Waals surface area (Å²) in [5.41, 5.74) is 1.75. The van der Waals surface area contributed by atoms with Crippen molar-refractivity contribution in [2.75, 3.05) is 20.1 Å². The van der Waals surface area contributed by atoms with Crippen molar-refractivity contribution < 1.29 is 14.3 Å². The molecule has 1 saturated heterocycles. The minimum atomic E-state index is 0.00923. The van der Waals surface area contributed by atoms with E-state index in [0.717, 1.165) is 11.3 Å². The van der Waals surface area contributed by atoms with Crippen LogP contribution in [-0.4, -0.2) is 36.9 Å². The lowest BCUT2D eigenvalue weighted by atomic mass is 9.95. The predicted octanol–water partition coefficient (Wildman–Crippen LogP) is 2.86. The van der Waals surface area contributed by atoms with E-state index in [1.165, 1.54) is 0 Å². The van der Waals surface area contributed by atoms with Gasteiger partial charge in [0, 0.05) is 31.6 Å². The highest BCUT2D eigenvalue weighted by molar-refractivity contribution is 5.94. The summed E-state index contributed by atoms with van der Waals surface area (Å²) in [4.78, 5) is 26.1. The zero-order valence-corrected chi connectivity index (χ0v) is 15.0. The van der Waals surface area contributed by atoms with E-state index in [1.807, 2.05) is 47.4 Å². The molecule has 0 unspecified atom stereocenters. The SMILES string of the molecule is CNC(=O)C1CCN(C(=O)c2ccc(OCc3ccccc3)cc2)CC1. The van der Waals surface area contributed by atoms with Crippen molar-refractivity contribution in [1.82, 2.24) is 10.2 Å². The Morgan fingerprint density at radius 2 is 1.69 bits per heavy atom. The highest BCUT2D eigenvalue weighted by Crippen LogP contribution is 2.20. The van der Waals surface area contributed by atoms with Gasteiger partial charge in [-0.3, -0.25) is 9.59 Å². The number of piperidine rings is 1. The fourth-order valence-corrected chi connectivity index (χ4v) is 3.17. The van der Waals surface area contributed by atoms with Crippen LogP contribution in [0.2, 0.25) is 0 Å². The highest BCUT2D eigenvalue weighted by atomic mass is 16.5. The maximum absolute atomic E-state index is 12.6. The number of rotatable bonds is 5. The number of hydrogen-bond acceptors (Lipinski definition) is 3. The molecule has 2 aromatic rings. The summed E-state index contributed by atoms with van der Waals surface area (Å²) in [6.07, 6.45) is 1.42. The van der Waals surface area contributed by atoms with Gasteiger partial charge in [0.2, 0.25) is 5.91 Å². The Kier molecular flexibility index (Phi) is 5.89. The first kappa shape index (κ1) is 18.0. The van der Waals surface area contributed by atoms with Gasteiger partial charge in [-0.05, 0) is 42.7 Å². The Bertz CT molecular complexity index is 736. The van der Waals surface area contributed by atoms with Gasteiger partial charge in [-0.1, -0.05) is 30.3 Å². The van der Waals surface area contributed by atoms with Gasteiger partial charge in [0.05, 0.1) is 0 Å². The van der Waals surface area contributed by atoms with Crippen LogP contribution in [0, 0.1) is 5.92 Å². The molecule has 0 saturated carbocycles. The van der Waals surface area contributed by atoms with Crippen molar-refractivity contribution in [1.29, 1.82) is 0 Å². The predicted molar refractivity (Wildman–Crippen MR) is 99.9 cm³/mol. The van der Waals surface area contributed by atoms with Crippen LogP contribution in [0.1, 0.15) is 28.8 Å². The standard InChI is InChI=1S/C21H24N2O3/c1-22-20(24)17-11-13-23(14-12-17)21(25)18-7-9-19(10-8-18)26-15-16-5-3-2-4-6-16/h2-10,17H,11-15H2,1H3,(H,22,24). The molecule has 0 spiro atoms. The van der Waals surface area contributed by atoms with Gasteiger partial charge in [0.25, 0.3) is 5.91 Å². The van der Waals surface area contributed by atoms with Gasteiger partial charge >= 0.3 is 0 Å². The average Bonchev–Trinajstić information content (AvgIpc) is 2.72. The van der Waals surface area contributed by atoms with Crippen LogP contribution >= 0.6 is 0 Å². The molecule has 2 aromatic carbocycles. The molecule has 1 N–H and O–H groups in total. The number of benzene rings is 2. The van der Waals surface area contributed by atoms with Crippen molar-refractivity contribution in [3.05, 3.63) is 65.7 Å². The zero-order chi connectivity index (χ0) is 18.4. The molecule has 0 radical (unpaired) electrons. The molecule has 1 aliphatic heterocycles. The Balaban J connectivity index is 1.53. The normalized spacial score (nSPS) is 14.7. The molecule has 5 nitrogen and oxygen atoms in total. The Morgan fingerprint density at radius 3 is 2.31 bits per heavy atom. The minimum Gasteiger partial charge on any atom is -0.489 e. The Hall–Kier alpha value is -2.82. The van der Waals surface area contributed by atoms with Gasteiger partial charge in [-0.2, -0.15) is 0 Å². The molecular weight excluding hydrogens is 328 g/mol. The lowest BCUT2D eigenvalue weighted by Crippen LogP contribution is -2.42. The van der Waals surface area contributed by atoms with Crippen molar-refractivity contribution in [3.8, 4) is 5.75 Å². The van der Waals surface area contributed by atoms with E-state index >= 15 is 0 Å². The molecule has 2 amide bonds. The van der Waals surface area contributed by atoms with Crippen LogP contribution in [0.15, 0.2) is 54.6 Å². The number of ether oxygens (including phenoxy) is 1. The van der Waals surface area contributed by atoms with Crippen molar-refractivity contribution in [3.63, 3.8) is 0 Å². The first-order chi connectivity index (χ1) is 12.7. The summed E-state index contributed by atoms with van der Waals surface area (Å²) < 4.78 is 5.76. The molecule has 5 heteroatoms. The fourth-order valence-electron chi connectivity index (χ4n) is 3.17. The smallest absolute Gasteiger partial charge is 0.253 e. The molecule has 1 fully saturated rings. The van der Waals surface area contributed by atoms with E-state index in [9.17, 15) is 9.59 Å². The van der Waals surface area contributed by atoms with Crippen molar-refractivity contribution in [2.45, 2.75) is 19.4 Å². The summed E-state index contributed by atoms with van der Waals surface area (Å²) >= 11 is 0. The van der Waals surface area contributed by atoms with Crippen LogP contribution in [-0.2, 0) is 11.4 Å². The topological polar surface area (TPSA) is 58.6 Å². The molecule has 136 valence electrons. The molecule has 3 rings (SSSR count). The molecule has 0 atom stereocenters. The molecule has 0 aliphatic carbocycles. The van der Waals surface area contributed by atoms with E-state index in [0.29, 0.717) is 38.1 Å². The van der Waals surface area contributed by atoms with Crippen molar-refractivity contribution in [2.24, 2.45) is 5.92 Å². The second kappa shape index (κ2) is 8.52. The van der Waals surface area contributed by atoms with Crippen LogP contribution in [0.5, 0.6) is 5.75 Å². The maximum atomic E-state index is 12.6. The third kappa shape index (κ3) is 4.42. The number of amides is 2. The number of nitrogens with zero attached hydrogens (tertiary/aromatic N) is 1. The first-order valence-electron chi connectivity index (χ1n) is 8.95. The molecular formula is C21H24N2O3. The van der Waals surface area contributed by atoms with Gasteiger partial charge in [0.15, 0.2) is 0 Å². The van der Waals surface area contributed by atoms with Crippen molar-refractivity contribution >= 4 is 11.8 Å². The second-order valence-electron chi connectivity index (χ2n) is 6.48. The van der Waals surface area contributed by atoms with Crippen LogP contribution in [0.3, 0.4) is 0 Å². The van der Waals surface area contributed by atoms with Gasteiger partial charge in [-0.15, -0.1) is 0 Å². The first-order valence-corrected chi connectivity index (χ1v) is 8.95. The molecule has 1 heterocycles.